The summed E-state index contributed by atoms with van der Waals surface area (Å²) in [7, 11) is 1.08. The minimum Gasteiger partial charge on any atom is -0.346 e. The predicted molar refractivity (Wildman–Crippen MR) is 77.1 cm³/mol. The van der Waals surface area contributed by atoms with E-state index in [1.807, 2.05) is 0 Å². The van der Waals surface area contributed by atoms with Crippen LogP contribution in [0.4, 0.5) is 52.7 Å². The van der Waals surface area contributed by atoms with Gasteiger partial charge in [0.1, 0.15) is 0 Å². The standard InChI is InChI=1S/C15H19F12NO/c1-4-8(2)9(29)28(3)7-5-6-11(18,19)13(22,23)15(26,27)14(24,25)12(20,21)10(16)17/h8,10H,4-7H2,1-3H3. The SMILES string of the molecule is CCC(C)C(=O)N(C)CCCC(F)(F)C(F)(F)C(F)(F)C(F)(F)C(F)(F)C(F)F. The molecule has 1 amide bonds. The number of carbonyl (C=O) groups excluding carboxylic acids is 1. The molecule has 0 aromatic rings. The smallest absolute Gasteiger partial charge is 0.346 e. The molecule has 0 spiro atoms. The van der Waals surface area contributed by atoms with Crippen molar-refractivity contribution in [1.82, 2.24) is 4.90 Å². The van der Waals surface area contributed by atoms with Crippen LogP contribution in [0, 0.1) is 5.92 Å². The maximum atomic E-state index is 13.6. The quantitative estimate of drug-likeness (QED) is 0.364. The van der Waals surface area contributed by atoms with Crippen LogP contribution >= 0.6 is 0 Å². The number of rotatable bonds is 11. The van der Waals surface area contributed by atoms with Gasteiger partial charge in [0.25, 0.3) is 0 Å². The fourth-order valence-corrected chi connectivity index (χ4v) is 2.13. The van der Waals surface area contributed by atoms with E-state index >= 15 is 0 Å². The molecule has 0 saturated carbocycles. The summed E-state index contributed by atoms with van der Waals surface area (Å²) >= 11 is 0. The molecule has 0 fully saturated rings. The summed E-state index contributed by atoms with van der Waals surface area (Å²) in [6, 6.07) is 0. The van der Waals surface area contributed by atoms with E-state index in [0.29, 0.717) is 6.42 Å². The number of halogens is 12. The van der Waals surface area contributed by atoms with Crippen LogP contribution in [0.3, 0.4) is 0 Å². The largest absolute Gasteiger partial charge is 0.384 e. The maximum Gasteiger partial charge on any atom is 0.384 e. The van der Waals surface area contributed by atoms with Gasteiger partial charge in [-0.3, -0.25) is 4.79 Å². The summed E-state index contributed by atoms with van der Waals surface area (Å²) in [4.78, 5) is 12.5. The second-order valence-corrected chi connectivity index (χ2v) is 6.52. The minimum atomic E-state index is -7.51. The van der Waals surface area contributed by atoms with Crippen molar-refractivity contribution >= 4 is 5.91 Å². The second kappa shape index (κ2) is 8.78. The first-order chi connectivity index (χ1) is 12.7. The monoisotopic (exact) mass is 457 g/mol. The van der Waals surface area contributed by atoms with Gasteiger partial charge in [-0.05, 0) is 12.8 Å². The van der Waals surface area contributed by atoms with Gasteiger partial charge in [0.05, 0.1) is 0 Å². The third-order valence-electron chi connectivity index (χ3n) is 4.34. The summed E-state index contributed by atoms with van der Waals surface area (Å²) in [6.45, 7) is 2.39. The number of carbonyl (C=O) groups is 1. The molecule has 14 heteroatoms. The first-order valence-corrected chi connectivity index (χ1v) is 8.14. The molecule has 2 nitrogen and oxygen atoms in total. The van der Waals surface area contributed by atoms with Crippen molar-refractivity contribution in [3.63, 3.8) is 0 Å². The molecular weight excluding hydrogens is 438 g/mol. The Kier molecular flexibility index (Phi) is 8.37. The third-order valence-corrected chi connectivity index (χ3v) is 4.34. The molecule has 1 atom stereocenters. The maximum absolute atomic E-state index is 13.6. The lowest BCUT2D eigenvalue weighted by Crippen LogP contribution is -2.68. The van der Waals surface area contributed by atoms with Gasteiger partial charge in [-0.2, -0.15) is 43.9 Å². The van der Waals surface area contributed by atoms with E-state index in [2.05, 4.69) is 0 Å². The third kappa shape index (κ3) is 4.86. The average molecular weight is 457 g/mol. The first kappa shape index (κ1) is 27.6. The zero-order valence-electron chi connectivity index (χ0n) is 15.4. The summed E-state index contributed by atoms with van der Waals surface area (Å²) in [5.41, 5.74) is 0. The zero-order chi connectivity index (χ0) is 23.6. The molecule has 1 unspecified atom stereocenters. The average Bonchev–Trinajstić information content (AvgIpc) is 2.58. The van der Waals surface area contributed by atoms with E-state index in [-0.39, 0.29) is 0 Å². The molecular formula is C15H19F12NO. The van der Waals surface area contributed by atoms with E-state index < -0.39 is 67.2 Å². The van der Waals surface area contributed by atoms with Gasteiger partial charge in [-0.15, -0.1) is 0 Å². The van der Waals surface area contributed by atoms with Crippen molar-refractivity contribution in [2.75, 3.05) is 13.6 Å². The van der Waals surface area contributed by atoms with Crippen LogP contribution in [-0.2, 0) is 4.79 Å². The van der Waals surface area contributed by atoms with Crippen LogP contribution in [0.5, 0.6) is 0 Å². The number of hydrogen-bond acceptors (Lipinski definition) is 1. The molecule has 0 N–H and O–H groups in total. The lowest BCUT2D eigenvalue weighted by atomic mass is 9.92. The highest BCUT2D eigenvalue weighted by Crippen LogP contribution is 2.58. The summed E-state index contributed by atoms with van der Waals surface area (Å²) < 4.78 is 156. The molecule has 0 rings (SSSR count). The van der Waals surface area contributed by atoms with Crippen LogP contribution in [0.25, 0.3) is 0 Å². The molecule has 174 valence electrons. The number of hydrogen-bond donors (Lipinski definition) is 0. The number of amides is 1. The van der Waals surface area contributed by atoms with Crippen molar-refractivity contribution in [3.8, 4) is 0 Å². The Morgan fingerprint density at radius 1 is 0.862 bits per heavy atom. The van der Waals surface area contributed by atoms with Gasteiger partial charge < -0.3 is 4.90 Å². The highest BCUT2D eigenvalue weighted by atomic mass is 19.4. The van der Waals surface area contributed by atoms with Gasteiger partial charge in [-0.1, -0.05) is 13.8 Å². The Hall–Kier alpha value is -1.37. The topological polar surface area (TPSA) is 20.3 Å². The van der Waals surface area contributed by atoms with Gasteiger partial charge in [-0.25, -0.2) is 8.78 Å². The highest BCUT2D eigenvalue weighted by Gasteiger charge is 2.87. The molecule has 0 aromatic carbocycles. The molecule has 0 radical (unpaired) electrons. The molecule has 0 heterocycles. The Morgan fingerprint density at radius 2 is 1.31 bits per heavy atom. The van der Waals surface area contributed by atoms with Crippen LogP contribution in [-0.4, -0.2) is 60.4 Å². The van der Waals surface area contributed by atoms with Crippen LogP contribution < -0.4 is 0 Å². The molecule has 0 aliphatic carbocycles. The predicted octanol–water partition coefficient (Wildman–Crippen LogP) is 5.71. The molecule has 29 heavy (non-hydrogen) atoms. The summed E-state index contributed by atoms with van der Waals surface area (Å²) in [6.07, 6.45) is -8.48. The Balaban J connectivity index is 5.51. The van der Waals surface area contributed by atoms with Crippen molar-refractivity contribution in [2.45, 2.75) is 69.1 Å². The lowest BCUT2D eigenvalue weighted by Gasteiger charge is -2.39. The van der Waals surface area contributed by atoms with Gasteiger partial charge in [0.2, 0.25) is 5.91 Å². The van der Waals surface area contributed by atoms with E-state index in [1.165, 1.54) is 6.92 Å². The fourth-order valence-electron chi connectivity index (χ4n) is 2.13. The number of nitrogens with zero attached hydrogens (tertiary/aromatic N) is 1. The minimum absolute atomic E-state index is 0.330. The Morgan fingerprint density at radius 3 is 1.69 bits per heavy atom. The van der Waals surface area contributed by atoms with Crippen molar-refractivity contribution < 1.29 is 57.5 Å². The normalized spacial score (nSPS) is 15.6. The molecule has 0 bridgehead atoms. The lowest BCUT2D eigenvalue weighted by molar-refractivity contribution is -0.413. The fraction of sp³-hybridized carbons (Fsp3) is 0.933. The van der Waals surface area contributed by atoms with Crippen molar-refractivity contribution in [1.29, 1.82) is 0 Å². The second-order valence-electron chi connectivity index (χ2n) is 6.52. The van der Waals surface area contributed by atoms with Crippen molar-refractivity contribution in [2.24, 2.45) is 5.92 Å². The van der Waals surface area contributed by atoms with Crippen LogP contribution in [0.1, 0.15) is 33.1 Å². The molecule has 0 saturated heterocycles. The Labute approximate surface area is 158 Å². The van der Waals surface area contributed by atoms with Gasteiger partial charge in [0, 0.05) is 25.9 Å². The van der Waals surface area contributed by atoms with E-state index in [0.717, 1.165) is 11.9 Å². The molecule has 0 aromatic heterocycles. The van der Waals surface area contributed by atoms with Crippen LogP contribution in [0.15, 0.2) is 0 Å². The first-order valence-electron chi connectivity index (χ1n) is 8.14. The summed E-state index contributed by atoms with van der Waals surface area (Å²) in [5.74, 6) is -36.2. The summed E-state index contributed by atoms with van der Waals surface area (Å²) in [5, 5.41) is 0. The van der Waals surface area contributed by atoms with E-state index in [9.17, 15) is 57.5 Å². The Bertz CT molecular complexity index is 564. The van der Waals surface area contributed by atoms with Crippen molar-refractivity contribution in [3.05, 3.63) is 0 Å². The van der Waals surface area contributed by atoms with Gasteiger partial charge in [0.15, 0.2) is 0 Å². The highest BCUT2D eigenvalue weighted by molar-refractivity contribution is 5.78. The number of alkyl halides is 12. The van der Waals surface area contributed by atoms with Gasteiger partial charge >= 0.3 is 36.0 Å². The van der Waals surface area contributed by atoms with Crippen LogP contribution in [0.2, 0.25) is 0 Å². The molecule has 0 aliphatic rings. The molecule has 0 aliphatic heterocycles. The van der Waals surface area contributed by atoms with E-state index in [1.54, 1.807) is 6.92 Å². The zero-order valence-corrected chi connectivity index (χ0v) is 15.4. The van der Waals surface area contributed by atoms with E-state index in [4.69, 9.17) is 0 Å².